The van der Waals surface area contributed by atoms with Gasteiger partial charge in [-0.15, -0.1) is 0 Å². The minimum absolute atomic E-state index is 0.0467. The summed E-state index contributed by atoms with van der Waals surface area (Å²) in [5.41, 5.74) is -0.531. The Hall–Kier alpha value is -2.69. The molecule has 0 aliphatic heterocycles. The molecule has 0 saturated heterocycles. The third kappa shape index (κ3) is 7.66. The predicted octanol–water partition coefficient (Wildman–Crippen LogP) is 5.78. The van der Waals surface area contributed by atoms with Gasteiger partial charge in [0.2, 0.25) is 0 Å². The second kappa shape index (κ2) is 14.9. The molecule has 5 rings (SSSR count). The molecule has 0 aromatic heterocycles. The zero-order valence-electron chi connectivity index (χ0n) is 29.9. The maximum atomic E-state index is 13.8. The predicted molar refractivity (Wildman–Crippen MR) is 177 cm³/mol. The molecule has 0 amide bonds. The third-order valence-electron chi connectivity index (χ3n) is 14.2. The van der Waals surface area contributed by atoms with Gasteiger partial charge in [-0.1, -0.05) is 20.8 Å². The van der Waals surface area contributed by atoms with Crippen molar-refractivity contribution in [2.45, 2.75) is 149 Å². The van der Waals surface area contributed by atoms with Crippen molar-refractivity contribution in [3.63, 3.8) is 0 Å². The van der Waals surface area contributed by atoms with E-state index in [1.165, 1.54) is 13.8 Å². The van der Waals surface area contributed by atoms with Gasteiger partial charge < -0.3 is 29.5 Å². The Morgan fingerprint density at radius 3 is 2.10 bits per heavy atom. The summed E-state index contributed by atoms with van der Waals surface area (Å²) in [4.78, 5) is 61.1. The van der Waals surface area contributed by atoms with E-state index in [-0.39, 0.29) is 102 Å². The summed E-state index contributed by atoms with van der Waals surface area (Å²) in [6.45, 7) is 9.57. The number of carbonyl (C=O) groups excluding carboxylic acids is 3. The van der Waals surface area contributed by atoms with E-state index < -0.39 is 23.5 Å². The van der Waals surface area contributed by atoms with E-state index in [0.29, 0.717) is 51.4 Å². The highest BCUT2D eigenvalue weighted by molar-refractivity contribution is 5.72. The van der Waals surface area contributed by atoms with Crippen molar-refractivity contribution >= 4 is 29.8 Å². The lowest BCUT2D eigenvalue weighted by atomic mass is 9.43. The molecule has 0 aromatic carbocycles. The van der Waals surface area contributed by atoms with Crippen LogP contribution in [0.1, 0.15) is 125 Å². The average Bonchev–Trinajstić information content (AvgIpc) is 3.38. The Morgan fingerprint density at radius 1 is 0.816 bits per heavy atom. The van der Waals surface area contributed by atoms with Crippen LogP contribution in [-0.4, -0.2) is 69.6 Å². The first-order valence-electron chi connectivity index (χ1n) is 18.7. The molecule has 0 bridgehead atoms. The van der Waals surface area contributed by atoms with Crippen molar-refractivity contribution in [1.29, 1.82) is 0 Å². The van der Waals surface area contributed by atoms with Gasteiger partial charge in [-0.2, -0.15) is 0 Å². The van der Waals surface area contributed by atoms with E-state index >= 15 is 0 Å². The first kappa shape index (κ1) is 37.6. The molecule has 5 fully saturated rings. The Kier molecular flexibility index (Phi) is 11.4. The van der Waals surface area contributed by atoms with E-state index in [4.69, 9.17) is 14.2 Å². The number of carboxylic acids is 2. The first-order valence-corrected chi connectivity index (χ1v) is 18.7. The summed E-state index contributed by atoms with van der Waals surface area (Å²) in [5.74, 6) is -2.46. The SMILES string of the molecule is CC(=O)O[C@@H]1CC[C@@]2(C)[C@@H](C1)C[C@@H](OC(=O)CC1CCC(C(O)C(=O)O)CC1)[C@@H]1[C@@H]2C[C@H](OC(C)=O)[C@]2(C)C([C@H](C)CCC(=O)O)CC[C@@H]12. The van der Waals surface area contributed by atoms with Gasteiger partial charge in [0.25, 0.3) is 0 Å². The molecule has 2 unspecified atom stereocenters. The molecule has 12 atom stereocenters. The van der Waals surface area contributed by atoms with Crippen LogP contribution >= 0.6 is 0 Å². The largest absolute Gasteiger partial charge is 0.481 e. The second-order valence-electron chi connectivity index (χ2n) is 16.8. The van der Waals surface area contributed by atoms with Crippen LogP contribution in [0.25, 0.3) is 0 Å². The van der Waals surface area contributed by atoms with Crippen molar-refractivity contribution in [2.75, 3.05) is 0 Å². The minimum Gasteiger partial charge on any atom is -0.481 e. The Balaban J connectivity index is 1.42. The molecule has 0 radical (unpaired) electrons. The normalized spacial score (nSPS) is 41.2. The van der Waals surface area contributed by atoms with Gasteiger partial charge in [-0.3, -0.25) is 19.2 Å². The lowest BCUT2D eigenvalue weighted by Gasteiger charge is -2.64. The number of rotatable bonds is 11. The standard InChI is InChI=1S/C38H58O11/c1-20(6-13-32(41)42)27-11-12-28-34-29(19-31(38(27,28)5)48-22(3)40)37(4)15-14-26(47-21(2)39)17-25(37)18-30(34)49-33(43)16-23-7-9-24(10-8-23)35(44)36(45)46/h20,23-31,34-35,44H,6-19H2,1-5H3,(H,41,42)(H,45,46)/t20-,23?,24?,25+,26-,27?,28+,29+,30-,31+,34+,35?,37+,38-/m1/s1. The first-order chi connectivity index (χ1) is 23.0. The minimum atomic E-state index is -1.38. The van der Waals surface area contributed by atoms with Crippen LogP contribution in [0.4, 0.5) is 0 Å². The number of carbonyl (C=O) groups is 5. The Labute approximate surface area is 290 Å². The molecule has 3 N–H and O–H groups in total. The zero-order valence-corrected chi connectivity index (χ0v) is 29.9. The molecule has 0 aromatic rings. The molecule has 0 heterocycles. The summed E-state index contributed by atoms with van der Waals surface area (Å²) < 4.78 is 18.5. The highest BCUT2D eigenvalue weighted by Crippen LogP contribution is 2.69. The number of hydrogen-bond acceptors (Lipinski definition) is 9. The van der Waals surface area contributed by atoms with Crippen molar-refractivity contribution in [3.8, 4) is 0 Å². The van der Waals surface area contributed by atoms with Gasteiger partial charge in [0.15, 0.2) is 6.10 Å². The van der Waals surface area contributed by atoms with E-state index in [9.17, 15) is 39.3 Å². The van der Waals surface area contributed by atoms with Gasteiger partial charge in [-0.25, -0.2) is 4.79 Å². The fraction of sp³-hybridized carbons (Fsp3) is 0.868. The van der Waals surface area contributed by atoms with E-state index in [2.05, 4.69) is 20.8 Å². The number of aliphatic hydroxyl groups excluding tert-OH is 1. The Morgan fingerprint density at radius 2 is 1.49 bits per heavy atom. The number of carboxylic acid groups (broad SMARTS) is 2. The number of ether oxygens (including phenoxy) is 3. The van der Waals surface area contributed by atoms with Gasteiger partial charge in [0.1, 0.15) is 18.3 Å². The fourth-order valence-electron chi connectivity index (χ4n) is 11.8. The van der Waals surface area contributed by atoms with Crippen molar-refractivity contribution in [2.24, 2.45) is 58.2 Å². The Bertz CT molecular complexity index is 1260. The summed E-state index contributed by atoms with van der Waals surface area (Å²) in [6, 6.07) is 0. The second-order valence-corrected chi connectivity index (χ2v) is 16.8. The maximum Gasteiger partial charge on any atom is 0.332 e. The highest BCUT2D eigenvalue weighted by Gasteiger charge is 2.67. The maximum absolute atomic E-state index is 13.8. The lowest BCUT2D eigenvalue weighted by molar-refractivity contribution is -0.225. The molecule has 5 saturated carbocycles. The third-order valence-corrected chi connectivity index (χ3v) is 14.2. The van der Waals surface area contributed by atoms with E-state index in [1.807, 2.05) is 0 Å². The van der Waals surface area contributed by atoms with Crippen LogP contribution in [0, 0.1) is 58.2 Å². The van der Waals surface area contributed by atoms with E-state index in [1.54, 1.807) is 0 Å². The van der Waals surface area contributed by atoms with Gasteiger partial charge in [0, 0.05) is 38.0 Å². The monoisotopic (exact) mass is 690 g/mol. The molecule has 11 heteroatoms. The number of aliphatic hydroxyl groups is 1. The lowest BCUT2D eigenvalue weighted by Crippen LogP contribution is -2.63. The van der Waals surface area contributed by atoms with Crippen LogP contribution in [0.2, 0.25) is 0 Å². The topological polar surface area (TPSA) is 174 Å². The molecular formula is C38H58O11. The quantitative estimate of drug-likeness (QED) is 0.177. The number of aliphatic carboxylic acids is 2. The average molecular weight is 691 g/mol. The molecular weight excluding hydrogens is 632 g/mol. The van der Waals surface area contributed by atoms with Crippen LogP contribution in [0.3, 0.4) is 0 Å². The molecule has 5 aliphatic carbocycles. The number of esters is 3. The van der Waals surface area contributed by atoms with Gasteiger partial charge in [-0.05, 0) is 124 Å². The molecule has 5 aliphatic rings. The van der Waals surface area contributed by atoms with Crippen LogP contribution < -0.4 is 0 Å². The molecule has 0 spiro atoms. The van der Waals surface area contributed by atoms with Crippen LogP contribution in [0.15, 0.2) is 0 Å². The number of hydrogen-bond donors (Lipinski definition) is 3. The van der Waals surface area contributed by atoms with Gasteiger partial charge >= 0.3 is 29.8 Å². The summed E-state index contributed by atoms with van der Waals surface area (Å²) >= 11 is 0. The fourth-order valence-corrected chi connectivity index (χ4v) is 11.8. The summed E-state index contributed by atoms with van der Waals surface area (Å²) in [5, 5.41) is 28.7. The van der Waals surface area contributed by atoms with Crippen molar-refractivity contribution in [3.05, 3.63) is 0 Å². The molecule has 11 nitrogen and oxygen atoms in total. The van der Waals surface area contributed by atoms with E-state index in [0.717, 1.165) is 25.7 Å². The van der Waals surface area contributed by atoms with Gasteiger partial charge in [0.05, 0.1) is 0 Å². The highest BCUT2D eigenvalue weighted by atomic mass is 16.6. The van der Waals surface area contributed by atoms with Crippen molar-refractivity contribution < 1.29 is 53.5 Å². The van der Waals surface area contributed by atoms with Crippen molar-refractivity contribution in [1.82, 2.24) is 0 Å². The van der Waals surface area contributed by atoms with Crippen LogP contribution in [0.5, 0.6) is 0 Å². The summed E-state index contributed by atoms with van der Waals surface area (Å²) in [7, 11) is 0. The smallest absolute Gasteiger partial charge is 0.332 e. The molecule has 49 heavy (non-hydrogen) atoms. The molecule has 276 valence electrons. The number of fused-ring (bicyclic) bond motifs is 5. The summed E-state index contributed by atoms with van der Waals surface area (Å²) in [6.07, 6.45) is 6.44. The zero-order chi connectivity index (χ0) is 35.8. The van der Waals surface area contributed by atoms with Crippen LogP contribution in [-0.2, 0) is 38.2 Å².